The van der Waals surface area contributed by atoms with Crippen LogP contribution in [-0.2, 0) is 22.4 Å². The van der Waals surface area contributed by atoms with Crippen molar-refractivity contribution in [2.24, 2.45) is 5.73 Å². The van der Waals surface area contributed by atoms with Gasteiger partial charge in [0.15, 0.2) is 6.10 Å². The zero-order valence-electron chi connectivity index (χ0n) is 16.4. The number of benzene rings is 1. The van der Waals surface area contributed by atoms with Gasteiger partial charge in [-0.15, -0.1) is 11.3 Å². The lowest BCUT2D eigenvalue weighted by Gasteiger charge is -2.13. The van der Waals surface area contributed by atoms with E-state index in [2.05, 4.69) is 5.32 Å². The van der Waals surface area contributed by atoms with Gasteiger partial charge in [0.25, 0.3) is 11.8 Å². The van der Waals surface area contributed by atoms with Gasteiger partial charge in [0.05, 0.1) is 12.2 Å². The molecule has 0 fully saturated rings. The second-order valence-corrected chi connectivity index (χ2v) is 7.88. The number of carbonyl (C=O) groups is 3. The number of anilines is 1. The number of ether oxygens (including phenoxy) is 2. The van der Waals surface area contributed by atoms with Gasteiger partial charge >= 0.3 is 5.97 Å². The standard InChI is InChI=1S/C21H24N2O5S/c1-3-27-21(26)12(2)28-14-10-8-13(9-11-14)19(25)23-20-17(18(22)24)15-6-4-5-7-16(15)29-20/h8-12H,3-7H2,1-2H3,(H2,22,24)(H,23,25)/t12-/m1/s1. The molecule has 1 aromatic heterocycles. The molecule has 0 saturated heterocycles. The summed E-state index contributed by atoms with van der Waals surface area (Å²) in [5.74, 6) is -0.853. The minimum atomic E-state index is -0.745. The average molecular weight is 416 g/mol. The number of nitrogens with one attached hydrogen (secondary N) is 1. The summed E-state index contributed by atoms with van der Waals surface area (Å²) < 4.78 is 10.4. The van der Waals surface area contributed by atoms with Gasteiger partial charge in [0.2, 0.25) is 0 Å². The first-order valence-electron chi connectivity index (χ1n) is 9.59. The van der Waals surface area contributed by atoms with E-state index in [4.69, 9.17) is 15.2 Å². The highest BCUT2D eigenvalue weighted by atomic mass is 32.1. The predicted octanol–water partition coefficient (Wildman–Crippen LogP) is 3.31. The summed E-state index contributed by atoms with van der Waals surface area (Å²) in [6.45, 7) is 3.61. The van der Waals surface area contributed by atoms with Crippen molar-refractivity contribution in [2.75, 3.05) is 11.9 Å². The zero-order chi connectivity index (χ0) is 21.0. The normalized spacial score (nSPS) is 13.9. The van der Waals surface area contributed by atoms with Gasteiger partial charge in [-0.25, -0.2) is 4.79 Å². The summed E-state index contributed by atoms with van der Waals surface area (Å²) in [6.07, 6.45) is 3.06. The van der Waals surface area contributed by atoms with Crippen molar-refractivity contribution in [1.29, 1.82) is 0 Å². The summed E-state index contributed by atoms with van der Waals surface area (Å²) in [5, 5.41) is 3.33. The second-order valence-electron chi connectivity index (χ2n) is 6.77. The highest BCUT2D eigenvalue weighted by molar-refractivity contribution is 7.17. The number of esters is 1. The predicted molar refractivity (Wildman–Crippen MR) is 111 cm³/mol. The van der Waals surface area contributed by atoms with Crippen LogP contribution < -0.4 is 15.8 Å². The van der Waals surface area contributed by atoms with Crippen LogP contribution in [0.25, 0.3) is 0 Å². The number of amides is 2. The van der Waals surface area contributed by atoms with Crippen molar-refractivity contribution in [2.45, 2.75) is 45.6 Å². The van der Waals surface area contributed by atoms with Crippen molar-refractivity contribution >= 4 is 34.1 Å². The van der Waals surface area contributed by atoms with Crippen LogP contribution >= 0.6 is 11.3 Å². The maximum Gasteiger partial charge on any atom is 0.347 e. The maximum absolute atomic E-state index is 12.7. The van der Waals surface area contributed by atoms with E-state index >= 15 is 0 Å². The molecule has 29 heavy (non-hydrogen) atoms. The molecule has 0 bridgehead atoms. The summed E-state index contributed by atoms with van der Waals surface area (Å²) in [7, 11) is 0. The van der Waals surface area contributed by atoms with Crippen molar-refractivity contribution in [3.05, 3.63) is 45.8 Å². The Bertz CT molecular complexity index is 920. The molecule has 2 aromatic rings. The van der Waals surface area contributed by atoms with Gasteiger partial charge < -0.3 is 20.5 Å². The number of carbonyl (C=O) groups excluding carboxylic acids is 3. The van der Waals surface area contributed by atoms with Crippen LogP contribution in [0.4, 0.5) is 5.00 Å². The fourth-order valence-corrected chi connectivity index (χ4v) is 4.58. The molecule has 1 atom stereocenters. The first-order valence-corrected chi connectivity index (χ1v) is 10.4. The number of rotatable bonds is 7. The molecular formula is C21H24N2O5S. The van der Waals surface area contributed by atoms with E-state index < -0.39 is 18.0 Å². The van der Waals surface area contributed by atoms with E-state index in [1.165, 1.54) is 11.3 Å². The van der Waals surface area contributed by atoms with Crippen LogP contribution in [0.3, 0.4) is 0 Å². The smallest absolute Gasteiger partial charge is 0.347 e. The lowest BCUT2D eigenvalue weighted by atomic mass is 9.95. The zero-order valence-corrected chi connectivity index (χ0v) is 17.3. The molecule has 7 nitrogen and oxygen atoms in total. The van der Waals surface area contributed by atoms with Crippen LogP contribution in [0.15, 0.2) is 24.3 Å². The molecule has 8 heteroatoms. The quantitative estimate of drug-likeness (QED) is 0.673. The van der Waals surface area contributed by atoms with Gasteiger partial charge in [-0.05, 0) is 69.4 Å². The lowest BCUT2D eigenvalue weighted by molar-refractivity contribution is -0.150. The Labute approximate surface area is 173 Å². The van der Waals surface area contributed by atoms with Gasteiger partial charge in [-0.1, -0.05) is 0 Å². The minimum Gasteiger partial charge on any atom is -0.479 e. The first kappa shape index (κ1) is 20.9. The van der Waals surface area contributed by atoms with Crippen molar-refractivity contribution in [3.8, 4) is 5.75 Å². The third kappa shape index (κ3) is 4.76. The molecule has 3 rings (SSSR count). The molecule has 0 aliphatic heterocycles. The maximum atomic E-state index is 12.7. The largest absolute Gasteiger partial charge is 0.479 e. The molecule has 1 aromatic carbocycles. The number of aryl methyl sites for hydroxylation is 1. The number of hydrogen-bond acceptors (Lipinski definition) is 6. The van der Waals surface area contributed by atoms with E-state index in [0.29, 0.717) is 21.9 Å². The van der Waals surface area contributed by atoms with Gasteiger partial charge in [-0.3, -0.25) is 9.59 Å². The van der Waals surface area contributed by atoms with Crippen molar-refractivity contribution in [3.63, 3.8) is 0 Å². The fourth-order valence-electron chi connectivity index (χ4n) is 3.29. The number of hydrogen-bond donors (Lipinski definition) is 2. The molecule has 3 N–H and O–H groups in total. The molecule has 154 valence electrons. The number of fused-ring (bicyclic) bond motifs is 1. The van der Waals surface area contributed by atoms with Crippen LogP contribution in [0.2, 0.25) is 0 Å². The van der Waals surface area contributed by atoms with Gasteiger partial charge in [-0.2, -0.15) is 0 Å². The van der Waals surface area contributed by atoms with Crippen LogP contribution in [0.5, 0.6) is 5.75 Å². The molecule has 1 heterocycles. The molecule has 2 amide bonds. The number of nitrogens with two attached hydrogens (primary N) is 1. The molecule has 0 unspecified atom stereocenters. The minimum absolute atomic E-state index is 0.283. The summed E-state index contributed by atoms with van der Waals surface area (Å²) in [4.78, 5) is 37.4. The van der Waals surface area contributed by atoms with Crippen LogP contribution in [0, 0.1) is 0 Å². The van der Waals surface area contributed by atoms with E-state index in [-0.39, 0.29) is 12.5 Å². The third-order valence-electron chi connectivity index (χ3n) is 4.69. The fraction of sp³-hybridized carbons (Fsp3) is 0.381. The third-order valence-corrected chi connectivity index (χ3v) is 5.90. The SMILES string of the molecule is CCOC(=O)[C@@H](C)Oc1ccc(C(=O)Nc2sc3c(c2C(N)=O)CCCC3)cc1. The summed E-state index contributed by atoms with van der Waals surface area (Å²) in [6, 6.07) is 6.41. The lowest BCUT2D eigenvalue weighted by Crippen LogP contribution is -2.26. The van der Waals surface area contributed by atoms with Crippen molar-refractivity contribution in [1.82, 2.24) is 0 Å². The number of primary amides is 1. The Balaban J connectivity index is 1.71. The summed E-state index contributed by atoms with van der Waals surface area (Å²) >= 11 is 1.42. The van der Waals surface area contributed by atoms with Crippen molar-refractivity contribution < 1.29 is 23.9 Å². The molecule has 0 saturated carbocycles. The van der Waals surface area contributed by atoms with E-state index in [1.54, 1.807) is 38.1 Å². The highest BCUT2D eigenvalue weighted by Crippen LogP contribution is 2.38. The summed E-state index contributed by atoms with van der Waals surface area (Å²) in [5.41, 5.74) is 7.38. The Morgan fingerprint density at radius 1 is 1.17 bits per heavy atom. The Morgan fingerprint density at radius 2 is 1.86 bits per heavy atom. The molecule has 1 aliphatic rings. The Morgan fingerprint density at radius 3 is 2.52 bits per heavy atom. The average Bonchev–Trinajstić information content (AvgIpc) is 3.06. The Hall–Kier alpha value is -2.87. The first-order chi connectivity index (χ1) is 13.9. The van der Waals surface area contributed by atoms with Gasteiger partial charge in [0, 0.05) is 10.4 Å². The molecule has 1 aliphatic carbocycles. The van der Waals surface area contributed by atoms with E-state index in [9.17, 15) is 14.4 Å². The van der Waals surface area contributed by atoms with E-state index in [0.717, 1.165) is 36.1 Å². The van der Waals surface area contributed by atoms with Gasteiger partial charge in [0.1, 0.15) is 10.8 Å². The molecular weight excluding hydrogens is 392 g/mol. The van der Waals surface area contributed by atoms with Crippen LogP contribution in [0.1, 0.15) is 57.8 Å². The Kier molecular flexibility index (Phi) is 6.53. The molecule has 0 spiro atoms. The number of thiophene rings is 1. The monoisotopic (exact) mass is 416 g/mol. The highest BCUT2D eigenvalue weighted by Gasteiger charge is 2.25. The second kappa shape index (κ2) is 9.09. The van der Waals surface area contributed by atoms with E-state index in [1.807, 2.05) is 0 Å². The van der Waals surface area contributed by atoms with Crippen LogP contribution in [-0.4, -0.2) is 30.5 Å². The molecule has 0 radical (unpaired) electrons. The topological polar surface area (TPSA) is 108 Å².